The lowest BCUT2D eigenvalue weighted by Crippen LogP contribution is -2.51. The second-order valence-electron chi connectivity index (χ2n) is 12.3. The molecule has 5 heterocycles. The molecule has 2 N–H and O–H groups in total. The summed E-state index contributed by atoms with van der Waals surface area (Å²) in [6, 6.07) is 7.91. The van der Waals surface area contributed by atoms with E-state index >= 15 is 0 Å². The number of likely N-dealkylation sites (tertiary alicyclic amines) is 1. The summed E-state index contributed by atoms with van der Waals surface area (Å²) in [6.45, 7) is 5.58. The average molecular weight is 574 g/mol. The number of halogens is 1. The maximum absolute atomic E-state index is 7.24. The molecule has 3 saturated heterocycles. The third-order valence-electron chi connectivity index (χ3n) is 9.34. The molecule has 4 aliphatic rings. The van der Waals surface area contributed by atoms with Crippen LogP contribution >= 0.6 is 11.6 Å². The van der Waals surface area contributed by atoms with Crippen molar-refractivity contribution < 1.29 is 9.47 Å². The Morgan fingerprint density at radius 2 is 1.85 bits per heavy atom. The number of anilines is 1. The number of benzene rings is 2. The molecular formula is C31H36ClN7O2. The molecule has 3 atom stereocenters. The fraction of sp³-hybridized carbons (Fsp3) is 0.516. The number of likely N-dealkylation sites (N-methyl/N-ethyl adjacent to an activating group) is 1. The largest absolute Gasteiger partial charge is 0.487 e. The molecule has 41 heavy (non-hydrogen) atoms. The Morgan fingerprint density at radius 3 is 2.61 bits per heavy atom. The quantitative estimate of drug-likeness (QED) is 0.316. The van der Waals surface area contributed by atoms with Gasteiger partial charge in [-0.3, -0.25) is 5.10 Å². The van der Waals surface area contributed by atoms with E-state index < -0.39 is 0 Å². The molecule has 4 fully saturated rings. The van der Waals surface area contributed by atoms with Gasteiger partial charge in [-0.15, -0.1) is 0 Å². The van der Waals surface area contributed by atoms with E-state index in [0.717, 1.165) is 89.0 Å². The second kappa shape index (κ2) is 10.00. The SMILES string of the molecule is Cc1ccc2[nH]ncc2c1-c1c(Cl)cc2c(N3C[C@H]4CC[C@@H](C3)N4)nc(OC[C@@H]3CCCN3C)nc2c1OC1CC1. The van der Waals surface area contributed by atoms with Gasteiger partial charge in [-0.05, 0) is 76.7 Å². The van der Waals surface area contributed by atoms with E-state index in [9.17, 15) is 0 Å². The Kier molecular flexibility index (Phi) is 6.23. The number of nitrogens with one attached hydrogen (secondary N) is 2. The normalized spacial score (nSPS) is 24.6. The molecule has 2 aromatic carbocycles. The Bertz CT molecular complexity index is 1620. The van der Waals surface area contributed by atoms with Crippen LogP contribution in [-0.4, -0.2) is 82.6 Å². The number of aromatic amines is 1. The third-order valence-corrected chi connectivity index (χ3v) is 9.64. The van der Waals surface area contributed by atoms with Crippen molar-refractivity contribution in [2.24, 2.45) is 0 Å². The topological polar surface area (TPSA) is 91.4 Å². The van der Waals surface area contributed by atoms with Crippen molar-refractivity contribution in [2.45, 2.75) is 69.7 Å². The summed E-state index contributed by atoms with van der Waals surface area (Å²) in [4.78, 5) is 14.9. The predicted octanol–water partition coefficient (Wildman–Crippen LogP) is 5.09. The fourth-order valence-corrected chi connectivity index (χ4v) is 7.25. The monoisotopic (exact) mass is 573 g/mol. The van der Waals surface area contributed by atoms with E-state index in [-0.39, 0.29) is 6.10 Å². The molecular weight excluding hydrogens is 538 g/mol. The number of fused-ring (bicyclic) bond motifs is 4. The summed E-state index contributed by atoms with van der Waals surface area (Å²) in [7, 11) is 2.17. The number of rotatable bonds is 7. The highest BCUT2D eigenvalue weighted by Gasteiger charge is 2.35. The molecule has 3 aliphatic heterocycles. The zero-order chi connectivity index (χ0) is 27.7. The van der Waals surface area contributed by atoms with Crippen LogP contribution in [0.4, 0.5) is 5.82 Å². The number of hydrogen-bond acceptors (Lipinski definition) is 8. The summed E-state index contributed by atoms with van der Waals surface area (Å²) in [5.41, 5.74) is 4.72. The minimum absolute atomic E-state index is 0.157. The smallest absolute Gasteiger partial charge is 0.319 e. The first-order valence-corrected chi connectivity index (χ1v) is 15.4. The number of aromatic nitrogens is 4. The Morgan fingerprint density at radius 1 is 1.02 bits per heavy atom. The van der Waals surface area contributed by atoms with Crippen molar-refractivity contribution in [3.05, 3.63) is 35.0 Å². The lowest BCUT2D eigenvalue weighted by molar-refractivity contribution is 0.188. The second-order valence-corrected chi connectivity index (χ2v) is 12.7. The fourth-order valence-electron chi connectivity index (χ4n) is 6.96. The van der Waals surface area contributed by atoms with Gasteiger partial charge in [-0.2, -0.15) is 15.1 Å². The summed E-state index contributed by atoms with van der Waals surface area (Å²) in [5, 5.41) is 13.8. The standard InChI is InChI=1S/C31H36ClN7O2/c1-17-5-10-25-23(13-33-37-25)26(17)27-24(32)12-22-28(29(27)41-21-8-9-21)35-31(40-16-20-4-3-11-38(20)2)36-30(22)39-14-18-6-7-19(15-39)34-18/h5,10,12-13,18-21,34H,3-4,6-9,11,14-16H2,1-2H3,(H,33,37)/t18-,19+,20-/m0/s1. The van der Waals surface area contributed by atoms with E-state index in [1.807, 2.05) is 12.3 Å². The van der Waals surface area contributed by atoms with Crippen molar-refractivity contribution >= 4 is 39.2 Å². The van der Waals surface area contributed by atoms with Gasteiger partial charge in [0.1, 0.15) is 17.9 Å². The van der Waals surface area contributed by atoms with Crippen molar-refractivity contribution in [1.82, 2.24) is 30.4 Å². The highest BCUT2D eigenvalue weighted by atomic mass is 35.5. The number of aryl methyl sites for hydroxylation is 1. The molecule has 2 aromatic heterocycles. The first kappa shape index (κ1) is 25.6. The Labute approximate surface area is 244 Å². The molecule has 1 aliphatic carbocycles. The van der Waals surface area contributed by atoms with E-state index in [4.69, 9.17) is 31.0 Å². The van der Waals surface area contributed by atoms with E-state index in [1.165, 1.54) is 19.3 Å². The van der Waals surface area contributed by atoms with Crippen molar-refractivity contribution in [3.63, 3.8) is 0 Å². The van der Waals surface area contributed by atoms with Crippen molar-refractivity contribution in [1.29, 1.82) is 0 Å². The molecule has 214 valence electrons. The summed E-state index contributed by atoms with van der Waals surface area (Å²) in [6.07, 6.45) is 8.78. The maximum atomic E-state index is 7.24. The molecule has 8 rings (SSSR count). The number of nitrogens with zero attached hydrogens (tertiary/aromatic N) is 5. The van der Waals surface area contributed by atoms with Gasteiger partial charge in [0.25, 0.3) is 0 Å². The maximum Gasteiger partial charge on any atom is 0.319 e. The predicted molar refractivity (Wildman–Crippen MR) is 161 cm³/mol. The first-order chi connectivity index (χ1) is 20.0. The highest BCUT2D eigenvalue weighted by molar-refractivity contribution is 6.35. The van der Waals surface area contributed by atoms with Crippen LogP contribution in [0, 0.1) is 6.92 Å². The molecule has 0 spiro atoms. The van der Waals surface area contributed by atoms with Crippen LogP contribution in [0.2, 0.25) is 5.02 Å². The van der Waals surface area contributed by atoms with Crippen molar-refractivity contribution in [3.8, 4) is 22.9 Å². The summed E-state index contributed by atoms with van der Waals surface area (Å²) >= 11 is 7.24. The van der Waals surface area contributed by atoms with Gasteiger partial charge in [-0.1, -0.05) is 17.7 Å². The number of H-pyrrole nitrogens is 1. The lowest BCUT2D eigenvalue weighted by atomic mass is 9.94. The highest BCUT2D eigenvalue weighted by Crippen LogP contribution is 2.49. The molecule has 0 unspecified atom stereocenters. The minimum atomic E-state index is 0.157. The van der Waals surface area contributed by atoms with Gasteiger partial charge >= 0.3 is 6.01 Å². The number of piperazine rings is 1. The zero-order valence-electron chi connectivity index (χ0n) is 23.6. The Hall–Kier alpha value is -3.14. The molecule has 1 saturated carbocycles. The van der Waals surface area contributed by atoms with Crippen molar-refractivity contribution in [2.75, 3.05) is 38.2 Å². The van der Waals surface area contributed by atoms with Gasteiger partial charge in [0, 0.05) is 53.1 Å². The van der Waals surface area contributed by atoms with E-state index in [1.54, 1.807) is 0 Å². The van der Waals surface area contributed by atoms with Crippen LogP contribution in [0.3, 0.4) is 0 Å². The molecule has 4 aromatic rings. The van der Waals surface area contributed by atoms with E-state index in [0.29, 0.717) is 35.8 Å². The average Bonchev–Trinajstić information content (AvgIpc) is 3.31. The number of ether oxygens (including phenoxy) is 2. The lowest BCUT2D eigenvalue weighted by Gasteiger charge is -2.34. The third kappa shape index (κ3) is 4.58. The van der Waals surface area contributed by atoms with Crippen LogP contribution in [-0.2, 0) is 0 Å². The van der Waals surface area contributed by atoms with Gasteiger partial charge < -0.3 is 24.6 Å². The molecule has 0 radical (unpaired) electrons. The Balaban J connectivity index is 1.33. The van der Waals surface area contributed by atoms with Gasteiger partial charge in [0.05, 0.1) is 22.8 Å². The van der Waals surface area contributed by atoms with Gasteiger partial charge in [-0.25, -0.2) is 0 Å². The van der Waals surface area contributed by atoms with Crippen LogP contribution in [0.25, 0.3) is 32.9 Å². The van der Waals surface area contributed by atoms with Crippen LogP contribution in [0.1, 0.15) is 44.1 Å². The molecule has 9 nitrogen and oxygen atoms in total. The molecule has 10 heteroatoms. The molecule has 0 amide bonds. The van der Waals surface area contributed by atoms with Gasteiger partial charge in [0.15, 0.2) is 5.75 Å². The van der Waals surface area contributed by atoms with Crippen LogP contribution < -0.4 is 19.7 Å². The van der Waals surface area contributed by atoms with E-state index in [2.05, 4.69) is 51.4 Å². The first-order valence-electron chi connectivity index (χ1n) is 15.0. The minimum Gasteiger partial charge on any atom is -0.487 e. The van der Waals surface area contributed by atoms with Crippen LogP contribution in [0.15, 0.2) is 24.4 Å². The number of hydrogen-bond donors (Lipinski definition) is 2. The van der Waals surface area contributed by atoms with Gasteiger partial charge in [0.2, 0.25) is 0 Å². The van der Waals surface area contributed by atoms with Crippen LogP contribution in [0.5, 0.6) is 11.8 Å². The summed E-state index contributed by atoms with van der Waals surface area (Å²) in [5.74, 6) is 1.60. The zero-order valence-corrected chi connectivity index (χ0v) is 24.4. The molecule has 2 bridgehead atoms. The summed E-state index contributed by atoms with van der Waals surface area (Å²) < 4.78 is 13.1.